The van der Waals surface area contributed by atoms with Crippen LogP contribution in [0.25, 0.3) is 0 Å². The van der Waals surface area contributed by atoms with Gasteiger partial charge in [0.25, 0.3) is 0 Å². The van der Waals surface area contributed by atoms with E-state index in [1.54, 1.807) is 19.2 Å². The fraction of sp³-hybridized carbons (Fsp3) is 0.571. The van der Waals surface area contributed by atoms with Crippen molar-refractivity contribution in [3.05, 3.63) is 35.6 Å². The molecule has 1 aromatic rings. The van der Waals surface area contributed by atoms with E-state index in [2.05, 4.69) is 5.32 Å². The molecule has 0 unspecified atom stereocenters. The first-order valence-electron chi connectivity index (χ1n) is 6.30. The van der Waals surface area contributed by atoms with Crippen LogP contribution in [-0.2, 0) is 14.9 Å². The summed E-state index contributed by atoms with van der Waals surface area (Å²) in [5.41, 5.74) is 1.10. The summed E-state index contributed by atoms with van der Waals surface area (Å²) in [5.74, 6) is -0.168. The highest BCUT2D eigenvalue weighted by Gasteiger charge is 2.38. The molecule has 0 bridgehead atoms. The SMILES string of the molecule is COCCOCCC1(c2cccc(F)c2)CNC1. The summed E-state index contributed by atoms with van der Waals surface area (Å²) >= 11 is 0. The molecule has 0 spiro atoms. The lowest BCUT2D eigenvalue weighted by molar-refractivity contribution is 0.0546. The first-order valence-corrected chi connectivity index (χ1v) is 6.30. The zero-order valence-electron chi connectivity index (χ0n) is 10.7. The highest BCUT2D eigenvalue weighted by molar-refractivity contribution is 5.30. The van der Waals surface area contributed by atoms with E-state index in [0.29, 0.717) is 19.8 Å². The van der Waals surface area contributed by atoms with E-state index in [0.717, 1.165) is 25.1 Å². The first-order chi connectivity index (χ1) is 8.77. The molecule has 3 nitrogen and oxygen atoms in total. The lowest BCUT2D eigenvalue weighted by atomic mass is 9.73. The summed E-state index contributed by atoms with van der Waals surface area (Å²) in [5, 5.41) is 3.27. The van der Waals surface area contributed by atoms with Crippen LogP contribution in [0, 0.1) is 5.82 Å². The van der Waals surface area contributed by atoms with Crippen molar-refractivity contribution in [2.45, 2.75) is 11.8 Å². The van der Waals surface area contributed by atoms with Crippen LogP contribution in [-0.4, -0.2) is 40.0 Å². The number of benzene rings is 1. The standard InChI is InChI=1S/C14H20FNO2/c1-17-7-8-18-6-5-14(10-16-11-14)12-3-2-4-13(15)9-12/h2-4,9,16H,5-8,10-11H2,1H3. The molecule has 4 heteroatoms. The smallest absolute Gasteiger partial charge is 0.123 e. The van der Waals surface area contributed by atoms with Gasteiger partial charge in [-0.1, -0.05) is 12.1 Å². The molecule has 0 atom stereocenters. The topological polar surface area (TPSA) is 30.5 Å². The van der Waals surface area contributed by atoms with Gasteiger partial charge < -0.3 is 14.8 Å². The predicted octanol–water partition coefficient (Wildman–Crippen LogP) is 1.72. The molecule has 0 amide bonds. The van der Waals surface area contributed by atoms with Gasteiger partial charge in [0.2, 0.25) is 0 Å². The Bertz CT molecular complexity index is 380. The second-order valence-corrected chi connectivity index (χ2v) is 4.75. The van der Waals surface area contributed by atoms with Gasteiger partial charge in [-0.05, 0) is 24.1 Å². The van der Waals surface area contributed by atoms with Gasteiger partial charge in [0.15, 0.2) is 0 Å². The van der Waals surface area contributed by atoms with Gasteiger partial charge in [0.1, 0.15) is 5.82 Å². The summed E-state index contributed by atoms with van der Waals surface area (Å²) < 4.78 is 23.7. The van der Waals surface area contributed by atoms with Crippen molar-refractivity contribution in [1.82, 2.24) is 5.32 Å². The van der Waals surface area contributed by atoms with Crippen LogP contribution in [0.2, 0.25) is 0 Å². The van der Waals surface area contributed by atoms with Crippen molar-refractivity contribution in [1.29, 1.82) is 0 Å². The van der Waals surface area contributed by atoms with Gasteiger partial charge in [0, 0.05) is 32.2 Å². The van der Waals surface area contributed by atoms with Crippen molar-refractivity contribution >= 4 is 0 Å². The van der Waals surface area contributed by atoms with Crippen LogP contribution in [0.1, 0.15) is 12.0 Å². The number of rotatable bonds is 7. The Morgan fingerprint density at radius 3 is 2.72 bits per heavy atom. The van der Waals surface area contributed by atoms with Crippen LogP contribution in [0.15, 0.2) is 24.3 Å². The Balaban J connectivity index is 1.90. The largest absolute Gasteiger partial charge is 0.382 e. The Morgan fingerprint density at radius 2 is 2.11 bits per heavy atom. The van der Waals surface area contributed by atoms with Gasteiger partial charge in [-0.25, -0.2) is 4.39 Å². The summed E-state index contributed by atoms with van der Waals surface area (Å²) in [4.78, 5) is 0. The average molecular weight is 253 g/mol. The zero-order chi connectivity index (χ0) is 12.8. The normalized spacial score (nSPS) is 17.4. The Hall–Kier alpha value is -0.970. The van der Waals surface area contributed by atoms with Crippen molar-refractivity contribution in [2.24, 2.45) is 0 Å². The minimum absolute atomic E-state index is 0.0369. The molecular formula is C14H20FNO2. The molecular weight excluding hydrogens is 233 g/mol. The molecule has 1 saturated heterocycles. The number of ether oxygens (including phenoxy) is 2. The predicted molar refractivity (Wildman–Crippen MR) is 68.3 cm³/mol. The minimum atomic E-state index is -0.168. The average Bonchev–Trinajstić information content (AvgIpc) is 2.32. The van der Waals surface area contributed by atoms with Crippen LogP contribution in [0.4, 0.5) is 4.39 Å². The summed E-state index contributed by atoms with van der Waals surface area (Å²) in [6, 6.07) is 6.89. The van der Waals surface area contributed by atoms with Crippen LogP contribution < -0.4 is 5.32 Å². The molecule has 1 fully saturated rings. The van der Waals surface area contributed by atoms with E-state index in [1.165, 1.54) is 6.07 Å². The fourth-order valence-electron chi connectivity index (χ4n) is 2.28. The molecule has 1 aliphatic rings. The zero-order valence-corrected chi connectivity index (χ0v) is 10.7. The van der Waals surface area contributed by atoms with Crippen LogP contribution in [0.3, 0.4) is 0 Å². The van der Waals surface area contributed by atoms with Crippen molar-refractivity contribution in [3.8, 4) is 0 Å². The monoisotopic (exact) mass is 253 g/mol. The molecule has 0 aliphatic carbocycles. The molecule has 100 valence electrons. The summed E-state index contributed by atoms with van der Waals surface area (Å²) in [7, 11) is 1.66. The molecule has 0 aromatic heterocycles. The lowest BCUT2D eigenvalue weighted by Gasteiger charge is -2.43. The third-order valence-electron chi connectivity index (χ3n) is 3.52. The first kappa shape index (κ1) is 13.5. The maximum absolute atomic E-state index is 13.3. The second kappa shape index (κ2) is 6.27. The van der Waals surface area contributed by atoms with E-state index >= 15 is 0 Å². The third-order valence-corrected chi connectivity index (χ3v) is 3.52. The molecule has 1 heterocycles. The maximum atomic E-state index is 13.3. The maximum Gasteiger partial charge on any atom is 0.123 e. The number of nitrogens with one attached hydrogen (secondary N) is 1. The highest BCUT2D eigenvalue weighted by atomic mass is 19.1. The quantitative estimate of drug-likeness (QED) is 0.751. The fourth-order valence-corrected chi connectivity index (χ4v) is 2.28. The van der Waals surface area contributed by atoms with Gasteiger partial charge in [0.05, 0.1) is 13.2 Å². The van der Waals surface area contributed by atoms with Crippen LogP contribution >= 0.6 is 0 Å². The van der Waals surface area contributed by atoms with E-state index in [-0.39, 0.29) is 11.2 Å². The second-order valence-electron chi connectivity index (χ2n) is 4.75. The van der Waals surface area contributed by atoms with Crippen molar-refractivity contribution < 1.29 is 13.9 Å². The van der Waals surface area contributed by atoms with E-state index in [1.807, 2.05) is 6.07 Å². The summed E-state index contributed by atoms with van der Waals surface area (Å²) in [6.45, 7) is 3.70. The van der Waals surface area contributed by atoms with Crippen molar-refractivity contribution in [3.63, 3.8) is 0 Å². The van der Waals surface area contributed by atoms with E-state index in [9.17, 15) is 4.39 Å². The van der Waals surface area contributed by atoms with E-state index in [4.69, 9.17) is 9.47 Å². The molecule has 1 aromatic carbocycles. The van der Waals surface area contributed by atoms with Gasteiger partial charge in [-0.2, -0.15) is 0 Å². The lowest BCUT2D eigenvalue weighted by Crippen LogP contribution is -2.57. The minimum Gasteiger partial charge on any atom is -0.382 e. The Morgan fingerprint density at radius 1 is 1.28 bits per heavy atom. The molecule has 2 rings (SSSR count). The van der Waals surface area contributed by atoms with Crippen molar-refractivity contribution in [2.75, 3.05) is 40.0 Å². The van der Waals surface area contributed by atoms with Gasteiger partial charge >= 0.3 is 0 Å². The number of halogens is 1. The number of hydrogen-bond donors (Lipinski definition) is 1. The van der Waals surface area contributed by atoms with Crippen LogP contribution in [0.5, 0.6) is 0 Å². The van der Waals surface area contributed by atoms with E-state index < -0.39 is 0 Å². The molecule has 0 saturated carbocycles. The molecule has 1 aliphatic heterocycles. The third kappa shape index (κ3) is 3.07. The van der Waals surface area contributed by atoms with Gasteiger partial charge in [-0.3, -0.25) is 0 Å². The number of hydrogen-bond acceptors (Lipinski definition) is 3. The molecule has 0 radical (unpaired) electrons. The molecule has 18 heavy (non-hydrogen) atoms. The van der Waals surface area contributed by atoms with Gasteiger partial charge in [-0.15, -0.1) is 0 Å². The summed E-state index contributed by atoms with van der Waals surface area (Å²) in [6.07, 6.45) is 0.910. The Kier molecular flexibility index (Phi) is 4.69. The number of methoxy groups -OCH3 is 1. The molecule has 1 N–H and O–H groups in total. The Labute approximate surface area is 107 Å². The highest BCUT2D eigenvalue weighted by Crippen LogP contribution is 2.32.